The first-order chi connectivity index (χ1) is 6.16. The monoisotopic (exact) mass is 188 g/mol. The number of halogens is 1. The third-order valence-electron chi connectivity index (χ3n) is 3.05. The zero-order valence-corrected chi connectivity index (χ0v) is 7.33. The second-order valence-corrected chi connectivity index (χ2v) is 3.89. The Hall–Kier alpha value is -0.640. The molecule has 0 aromatic heterocycles. The fourth-order valence-corrected chi connectivity index (χ4v) is 2.26. The standard InChI is InChI=1S/C9H13FO3/c10-6-7(11)9(13-8(6)12)4-2-1-3-5-9/h6-7,11H,1-5H2/t6-,7-/m0/s1. The Morgan fingerprint density at radius 2 is 2.00 bits per heavy atom. The quantitative estimate of drug-likeness (QED) is 0.575. The molecule has 0 unspecified atom stereocenters. The van der Waals surface area contributed by atoms with Crippen molar-refractivity contribution in [3.8, 4) is 0 Å². The second-order valence-electron chi connectivity index (χ2n) is 3.89. The summed E-state index contributed by atoms with van der Waals surface area (Å²) in [6, 6.07) is 0. The van der Waals surface area contributed by atoms with Crippen LogP contribution in [0.1, 0.15) is 32.1 Å². The Morgan fingerprint density at radius 1 is 1.38 bits per heavy atom. The smallest absolute Gasteiger partial charge is 0.344 e. The van der Waals surface area contributed by atoms with E-state index in [9.17, 15) is 14.3 Å². The molecule has 2 aliphatic rings. The number of esters is 1. The summed E-state index contributed by atoms with van der Waals surface area (Å²) in [5.41, 5.74) is -0.894. The molecule has 0 bridgehead atoms. The van der Waals surface area contributed by atoms with Gasteiger partial charge in [-0.25, -0.2) is 9.18 Å². The van der Waals surface area contributed by atoms with Crippen molar-refractivity contribution in [3.63, 3.8) is 0 Å². The molecule has 13 heavy (non-hydrogen) atoms. The predicted octanol–water partition coefficient (Wildman–Crippen LogP) is 0.945. The highest BCUT2D eigenvalue weighted by molar-refractivity contribution is 5.78. The highest BCUT2D eigenvalue weighted by Gasteiger charge is 2.55. The maximum Gasteiger partial charge on any atom is 0.344 e. The maximum atomic E-state index is 13.0. The van der Waals surface area contributed by atoms with Gasteiger partial charge < -0.3 is 9.84 Å². The van der Waals surface area contributed by atoms with Gasteiger partial charge in [-0.15, -0.1) is 0 Å². The van der Waals surface area contributed by atoms with Crippen molar-refractivity contribution in [1.29, 1.82) is 0 Å². The van der Waals surface area contributed by atoms with E-state index in [1.54, 1.807) is 0 Å². The number of hydrogen-bond acceptors (Lipinski definition) is 3. The van der Waals surface area contributed by atoms with Crippen LogP contribution in [0.15, 0.2) is 0 Å². The van der Waals surface area contributed by atoms with Crippen LogP contribution in [0.2, 0.25) is 0 Å². The van der Waals surface area contributed by atoms with E-state index in [2.05, 4.69) is 0 Å². The highest BCUT2D eigenvalue weighted by Crippen LogP contribution is 2.41. The highest BCUT2D eigenvalue weighted by atomic mass is 19.1. The van der Waals surface area contributed by atoms with Gasteiger partial charge in [-0.2, -0.15) is 0 Å². The molecule has 0 aromatic carbocycles. The van der Waals surface area contributed by atoms with Crippen molar-refractivity contribution in [2.45, 2.75) is 50.0 Å². The number of aliphatic hydroxyl groups excluding tert-OH is 1. The SMILES string of the molecule is O=C1OC2(CCCCC2)[C@@H](O)[C@@H]1F. The summed E-state index contributed by atoms with van der Waals surface area (Å²) in [7, 11) is 0. The van der Waals surface area contributed by atoms with Crippen LogP contribution >= 0.6 is 0 Å². The zero-order valence-electron chi connectivity index (χ0n) is 7.33. The van der Waals surface area contributed by atoms with E-state index >= 15 is 0 Å². The number of hydrogen-bond donors (Lipinski definition) is 1. The Morgan fingerprint density at radius 3 is 2.46 bits per heavy atom. The Labute approximate surface area is 75.9 Å². The van der Waals surface area contributed by atoms with Crippen LogP contribution in [-0.4, -0.2) is 29.0 Å². The first kappa shape index (κ1) is 8.94. The molecule has 3 nitrogen and oxygen atoms in total. The van der Waals surface area contributed by atoms with Gasteiger partial charge in [0.2, 0.25) is 6.17 Å². The molecule has 2 atom stereocenters. The third kappa shape index (κ3) is 1.24. The van der Waals surface area contributed by atoms with Crippen molar-refractivity contribution in [2.75, 3.05) is 0 Å². The van der Waals surface area contributed by atoms with E-state index in [0.29, 0.717) is 12.8 Å². The fraction of sp³-hybridized carbons (Fsp3) is 0.889. The minimum Gasteiger partial charge on any atom is -0.454 e. The summed E-state index contributed by atoms with van der Waals surface area (Å²) in [4.78, 5) is 10.9. The first-order valence-corrected chi connectivity index (χ1v) is 4.71. The summed E-state index contributed by atoms with van der Waals surface area (Å²) >= 11 is 0. The summed E-state index contributed by atoms with van der Waals surface area (Å²) < 4.78 is 18.0. The average molecular weight is 188 g/mol. The van der Waals surface area contributed by atoms with Crippen molar-refractivity contribution in [1.82, 2.24) is 0 Å². The molecule has 1 heterocycles. The van der Waals surface area contributed by atoms with Crippen molar-refractivity contribution >= 4 is 5.97 Å². The largest absolute Gasteiger partial charge is 0.454 e. The fourth-order valence-electron chi connectivity index (χ4n) is 2.26. The zero-order chi connectivity index (χ0) is 9.47. The van der Waals surface area contributed by atoms with Crippen LogP contribution in [0.5, 0.6) is 0 Å². The summed E-state index contributed by atoms with van der Waals surface area (Å²) in [5.74, 6) is -0.894. The molecule has 0 radical (unpaired) electrons. The van der Waals surface area contributed by atoms with E-state index in [4.69, 9.17) is 4.74 Å². The van der Waals surface area contributed by atoms with Gasteiger partial charge in [0.25, 0.3) is 0 Å². The van der Waals surface area contributed by atoms with Gasteiger partial charge >= 0.3 is 5.97 Å². The summed E-state index contributed by atoms with van der Waals surface area (Å²) in [5, 5.41) is 9.52. The Bertz CT molecular complexity index is 223. The van der Waals surface area contributed by atoms with Crippen LogP contribution in [0, 0.1) is 0 Å². The van der Waals surface area contributed by atoms with Gasteiger partial charge in [0.05, 0.1) is 0 Å². The van der Waals surface area contributed by atoms with Crippen LogP contribution in [-0.2, 0) is 9.53 Å². The normalized spacial score (nSPS) is 37.8. The molecule has 4 heteroatoms. The molecular formula is C9H13FO3. The number of carbonyl (C=O) groups is 1. The second kappa shape index (κ2) is 2.94. The molecule has 0 amide bonds. The molecule has 2 rings (SSSR count). The topological polar surface area (TPSA) is 46.5 Å². The molecule has 74 valence electrons. The van der Waals surface area contributed by atoms with Gasteiger partial charge in [-0.3, -0.25) is 0 Å². The molecular weight excluding hydrogens is 175 g/mol. The maximum absolute atomic E-state index is 13.0. The van der Waals surface area contributed by atoms with Crippen molar-refractivity contribution in [3.05, 3.63) is 0 Å². The van der Waals surface area contributed by atoms with Gasteiger partial charge in [0.15, 0.2) is 0 Å². The lowest BCUT2D eigenvalue weighted by molar-refractivity contribution is -0.155. The van der Waals surface area contributed by atoms with E-state index in [1.807, 2.05) is 0 Å². The molecule has 1 aliphatic heterocycles. The Balaban J connectivity index is 2.18. The molecule has 1 aliphatic carbocycles. The minimum atomic E-state index is -1.84. The minimum absolute atomic E-state index is 0.598. The lowest BCUT2D eigenvalue weighted by Gasteiger charge is -2.33. The molecule has 1 N–H and O–H groups in total. The van der Waals surface area contributed by atoms with Crippen LogP contribution < -0.4 is 0 Å². The molecule has 2 fully saturated rings. The van der Waals surface area contributed by atoms with Crippen molar-refractivity contribution in [2.24, 2.45) is 0 Å². The number of ether oxygens (including phenoxy) is 1. The third-order valence-corrected chi connectivity index (χ3v) is 3.05. The van der Waals surface area contributed by atoms with E-state index in [0.717, 1.165) is 19.3 Å². The average Bonchev–Trinajstić information content (AvgIpc) is 2.33. The van der Waals surface area contributed by atoms with Crippen molar-refractivity contribution < 1.29 is 19.0 Å². The molecule has 0 aromatic rings. The lowest BCUT2D eigenvalue weighted by Crippen LogP contribution is -2.43. The molecule has 1 saturated carbocycles. The number of rotatable bonds is 0. The van der Waals surface area contributed by atoms with Crippen LogP contribution in [0.3, 0.4) is 0 Å². The number of carbonyl (C=O) groups excluding carboxylic acids is 1. The summed E-state index contributed by atoms with van der Waals surface area (Å²) in [6.45, 7) is 0. The molecule has 1 saturated heterocycles. The van der Waals surface area contributed by atoms with Gasteiger partial charge in [0.1, 0.15) is 11.7 Å². The van der Waals surface area contributed by atoms with Gasteiger partial charge in [-0.1, -0.05) is 6.42 Å². The molecule has 1 spiro atoms. The van der Waals surface area contributed by atoms with E-state index < -0.39 is 23.8 Å². The Kier molecular flexibility index (Phi) is 2.02. The summed E-state index contributed by atoms with van der Waals surface area (Å²) in [6.07, 6.45) is 0.982. The lowest BCUT2D eigenvalue weighted by atomic mass is 9.81. The number of alkyl halides is 1. The predicted molar refractivity (Wildman–Crippen MR) is 42.8 cm³/mol. The van der Waals surface area contributed by atoms with Gasteiger partial charge in [-0.05, 0) is 25.7 Å². The van der Waals surface area contributed by atoms with Gasteiger partial charge in [0, 0.05) is 0 Å². The first-order valence-electron chi connectivity index (χ1n) is 4.71. The van der Waals surface area contributed by atoms with E-state index in [-0.39, 0.29) is 0 Å². The van der Waals surface area contributed by atoms with E-state index in [1.165, 1.54) is 0 Å². The van der Waals surface area contributed by atoms with Crippen LogP contribution in [0.4, 0.5) is 4.39 Å². The van der Waals surface area contributed by atoms with Crippen LogP contribution in [0.25, 0.3) is 0 Å². The number of aliphatic hydroxyl groups is 1.